The molecule has 0 amide bonds. The van der Waals surface area contributed by atoms with Crippen molar-refractivity contribution in [1.82, 2.24) is 15.6 Å². The highest BCUT2D eigenvalue weighted by Gasteiger charge is 2.17. The van der Waals surface area contributed by atoms with Crippen LogP contribution in [0.15, 0.2) is 10.4 Å². The molecule has 0 atom stereocenters. The summed E-state index contributed by atoms with van der Waals surface area (Å²) in [5, 5.41) is 9.87. The SMILES string of the molecule is CCNC(=NCc1nc(C(C)(C)C)cs1)NCCCOCC1CCOCC1. The predicted octanol–water partition coefficient (Wildman–Crippen LogP) is 3.33. The normalized spacial score (nSPS) is 16.5. The van der Waals surface area contributed by atoms with Crippen LogP contribution < -0.4 is 10.6 Å². The molecule has 2 N–H and O–H groups in total. The minimum atomic E-state index is 0.0891. The van der Waals surface area contributed by atoms with Crippen LogP contribution in [0.25, 0.3) is 0 Å². The monoisotopic (exact) mass is 396 g/mol. The lowest BCUT2D eigenvalue weighted by Crippen LogP contribution is -2.38. The van der Waals surface area contributed by atoms with E-state index < -0.39 is 0 Å². The van der Waals surface area contributed by atoms with Gasteiger partial charge in [-0.25, -0.2) is 9.98 Å². The molecule has 154 valence electrons. The van der Waals surface area contributed by atoms with Crippen molar-refractivity contribution in [2.45, 2.75) is 58.9 Å². The number of ether oxygens (including phenoxy) is 2. The molecule has 0 unspecified atom stereocenters. The van der Waals surface area contributed by atoms with E-state index in [-0.39, 0.29) is 5.41 Å². The fourth-order valence-electron chi connectivity index (χ4n) is 2.76. The van der Waals surface area contributed by atoms with Gasteiger partial charge in [-0.05, 0) is 32.1 Å². The molecule has 2 rings (SSSR count). The van der Waals surface area contributed by atoms with Crippen molar-refractivity contribution in [3.63, 3.8) is 0 Å². The third kappa shape index (κ3) is 8.58. The highest BCUT2D eigenvalue weighted by atomic mass is 32.1. The minimum absolute atomic E-state index is 0.0891. The third-order valence-corrected chi connectivity index (χ3v) is 5.32. The summed E-state index contributed by atoms with van der Waals surface area (Å²) in [5.41, 5.74) is 1.23. The Balaban J connectivity index is 1.66. The molecule has 0 saturated carbocycles. The molecule has 0 aromatic carbocycles. The van der Waals surface area contributed by atoms with Crippen LogP contribution in [-0.2, 0) is 21.4 Å². The Labute approximate surface area is 168 Å². The fraction of sp³-hybridized carbons (Fsp3) is 0.800. The number of aliphatic imine (C=N–C) groups is 1. The van der Waals surface area contributed by atoms with E-state index in [4.69, 9.17) is 14.5 Å². The van der Waals surface area contributed by atoms with Gasteiger partial charge in [0.25, 0.3) is 0 Å². The van der Waals surface area contributed by atoms with Crippen molar-refractivity contribution in [2.75, 3.05) is 39.5 Å². The van der Waals surface area contributed by atoms with Gasteiger partial charge in [-0.2, -0.15) is 0 Å². The smallest absolute Gasteiger partial charge is 0.191 e. The third-order valence-electron chi connectivity index (χ3n) is 4.49. The number of guanidine groups is 1. The molecule has 1 aromatic rings. The van der Waals surface area contributed by atoms with E-state index in [1.54, 1.807) is 11.3 Å². The van der Waals surface area contributed by atoms with Gasteiger partial charge in [0.2, 0.25) is 0 Å². The molecule has 6 nitrogen and oxygen atoms in total. The van der Waals surface area contributed by atoms with Gasteiger partial charge in [0, 0.05) is 50.3 Å². The van der Waals surface area contributed by atoms with E-state index in [9.17, 15) is 0 Å². The first-order chi connectivity index (χ1) is 13.0. The van der Waals surface area contributed by atoms with E-state index in [1.807, 2.05) is 0 Å². The Morgan fingerprint density at radius 3 is 2.78 bits per heavy atom. The maximum absolute atomic E-state index is 5.81. The molecule has 1 saturated heterocycles. The molecular weight excluding hydrogens is 360 g/mol. The standard InChI is InChI=1S/C20H36N4O2S/c1-5-21-19(23-13-18-24-17(15-27-18)20(2,3)4)22-9-6-10-26-14-16-7-11-25-12-8-16/h15-16H,5-14H2,1-4H3,(H2,21,22,23). The zero-order chi connectivity index (χ0) is 19.5. The highest BCUT2D eigenvalue weighted by Crippen LogP contribution is 2.24. The van der Waals surface area contributed by atoms with Crippen LogP contribution in [-0.4, -0.2) is 50.5 Å². The molecule has 0 spiro atoms. The molecule has 27 heavy (non-hydrogen) atoms. The van der Waals surface area contributed by atoms with Gasteiger partial charge < -0.3 is 20.1 Å². The average molecular weight is 397 g/mol. The van der Waals surface area contributed by atoms with Crippen molar-refractivity contribution >= 4 is 17.3 Å². The first-order valence-electron chi connectivity index (χ1n) is 10.1. The largest absolute Gasteiger partial charge is 0.381 e. The summed E-state index contributed by atoms with van der Waals surface area (Å²) in [4.78, 5) is 9.36. The number of rotatable bonds is 9. The molecule has 1 aliphatic rings. The zero-order valence-corrected chi connectivity index (χ0v) is 18.2. The van der Waals surface area contributed by atoms with Gasteiger partial charge in [-0.15, -0.1) is 11.3 Å². The molecule has 0 radical (unpaired) electrons. The second-order valence-electron chi connectivity index (χ2n) is 7.98. The Morgan fingerprint density at radius 2 is 2.11 bits per heavy atom. The maximum Gasteiger partial charge on any atom is 0.191 e. The van der Waals surface area contributed by atoms with E-state index in [0.29, 0.717) is 12.5 Å². The summed E-state index contributed by atoms with van der Waals surface area (Å²) in [6, 6.07) is 0. The Kier molecular flexibility index (Phi) is 9.51. The average Bonchev–Trinajstić information content (AvgIpc) is 3.13. The molecule has 2 heterocycles. The topological polar surface area (TPSA) is 67.8 Å². The van der Waals surface area contributed by atoms with Gasteiger partial charge >= 0.3 is 0 Å². The molecule has 0 bridgehead atoms. The van der Waals surface area contributed by atoms with Gasteiger partial charge in [0.15, 0.2) is 5.96 Å². The second-order valence-corrected chi connectivity index (χ2v) is 8.93. The van der Waals surface area contributed by atoms with Crippen LogP contribution >= 0.6 is 11.3 Å². The van der Waals surface area contributed by atoms with E-state index in [0.717, 1.165) is 75.4 Å². The first-order valence-corrected chi connectivity index (χ1v) is 11.0. The minimum Gasteiger partial charge on any atom is -0.381 e. The maximum atomic E-state index is 5.81. The quantitative estimate of drug-likeness (QED) is 0.381. The second kappa shape index (κ2) is 11.6. The Bertz CT molecular complexity index is 563. The first kappa shape index (κ1) is 22.1. The van der Waals surface area contributed by atoms with Crippen LogP contribution in [0.4, 0.5) is 0 Å². The fourth-order valence-corrected chi connectivity index (χ4v) is 3.70. The highest BCUT2D eigenvalue weighted by molar-refractivity contribution is 7.09. The van der Waals surface area contributed by atoms with Gasteiger partial charge in [0.05, 0.1) is 12.2 Å². The summed E-state index contributed by atoms with van der Waals surface area (Å²) in [7, 11) is 0. The van der Waals surface area contributed by atoms with E-state index in [2.05, 4.69) is 48.7 Å². The number of hydrogen-bond acceptors (Lipinski definition) is 5. The van der Waals surface area contributed by atoms with Gasteiger partial charge in [0.1, 0.15) is 5.01 Å². The summed E-state index contributed by atoms with van der Waals surface area (Å²) >= 11 is 1.68. The van der Waals surface area contributed by atoms with Crippen LogP contribution in [0.5, 0.6) is 0 Å². The summed E-state index contributed by atoms with van der Waals surface area (Å²) < 4.78 is 11.2. The molecule has 1 aliphatic heterocycles. The van der Waals surface area contributed by atoms with Gasteiger partial charge in [-0.3, -0.25) is 0 Å². The van der Waals surface area contributed by atoms with E-state index >= 15 is 0 Å². The molecule has 0 aliphatic carbocycles. The molecule has 7 heteroatoms. The summed E-state index contributed by atoms with van der Waals surface area (Å²) in [6.07, 6.45) is 3.23. The van der Waals surface area contributed by atoms with Crippen LogP contribution in [0.2, 0.25) is 0 Å². The van der Waals surface area contributed by atoms with Crippen molar-refractivity contribution in [1.29, 1.82) is 0 Å². The number of hydrogen-bond donors (Lipinski definition) is 2. The lowest BCUT2D eigenvalue weighted by Gasteiger charge is -2.21. The summed E-state index contributed by atoms with van der Waals surface area (Å²) in [6.45, 7) is 14.3. The Hall–Kier alpha value is -1.18. The lowest BCUT2D eigenvalue weighted by molar-refractivity contribution is 0.0203. The number of thiazole rings is 1. The molecular formula is C20H36N4O2S. The zero-order valence-electron chi connectivity index (χ0n) is 17.3. The van der Waals surface area contributed by atoms with Crippen LogP contribution in [0, 0.1) is 5.92 Å². The Morgan fingerprint density at radius 1 is 1.33 bits per heavy atom. The van der Waals surface area contributed by atoms with Crippen LogP contribution in [0.3, 0.4) is 0 Å². The number of nitrogens with zero attached hydrogens (tertiary/aromatic N) is 2. The van der Waals surface area contributed by atoms with Crippen molar-refractivity contribution in [3.8, 4) is 0 Å². The summed E-state index contributed by atoms with van der Waals surface area (Å²) in [5.74, 6) is 1.51. The van der Waals surface area contributed by atoms with Crippen molar-refractivity contribution in [2.24, 2.45) is 10.9 Å². The van der Waals surface area contributed by atoms with Gasteiger partial charge in [-0.1, -0.05) is 20.8 Å². The number of nitrogens with one attached hydrogen (secondary N) is 2. The van der Waals surface area contributed by atoms with Crippen molar-refractivity contribution < 1.29 is 9.47 Å². The molecule has 1 aromatic heterocycles. The molecule has 1 fully saturated rings. The number of aromatic nitrogens is 1. The van der Waals surface area contributed by atoms with E-state index in [1.165, 1.54) is 0 Å². The lowest BCUT2D eigenvalue weighted by atomic mass is 9.93. The van der Waals surface area contributed by atoms with Crippen LogP contribution in [0.1, 0.15) is 57.7 Å². The van der Waals surface area contributed by atoms with Crippen molar-refractivity contribution in [3.05, 3.63) is 16.1 Å². The predicted molar refractivity (Wildman–Crippen MR) is 113 cm³/mol.